The van der Waals surface area contributed by atoms with Crippen molar-refractivity contribution in [2.24, 2.45) is 7.05 Å². The molecule has 1 aromatic heterocycles. The zero-order valence-corrected chi connectivity index (χ0v) is 26.2. The first-order valence-electron chi connectivity index (χ1n) is 14.9. The summed E-state index contributed by atoms with van der Waals surface area (Å²) in [5.74, 6) is 0.238. The number of aryl methyl sites for hydroxylation is 1. The fourth-order valence-electron chi connectivity index (χ4n) is 5.02. The number of thioether (sulfide) groups is 1. The minimum atomic E-state index is -0.582. The molecule has 0 spiro atoms. The molecular formula is C34H38N4O6S. The molecule has 3 atom stereocenters. The number of esters is 1. The van der Waals surface area contributed by atoms with Crippen molar-refractivity contribution in [1.29, 1.82) is 0 Å². The highest BCUT2D eigenvalue weighted by Crippen LogP contribution is 2.40. The first-order valence-corrected chi connectivity index (χ1v) is 15.9. The van der Waals surface area contributed by atoms with E-state index in [1.807, 2.05) is 84.5 Å². The monoisotopic (exact) mass is 630 g/mol. The number of hydrogen-bond donors (Lipinski definition) is 3. The number of nitrogens with zero attached hydrogens (tertiary/aromatic N) is 2. The Bertz CT molecular complexity index is 1580. The van der Waals surface area contributed by atoms with Crippen LogP contribution in [0.4, 0.5) is 4.79 Å². The fourth-order valence-corrected chi connectivity index (χ4v) is 5.97. The topological polar surface area (TPSA) is 124 Å². The van der Waals surface area contributed by atoms with E-state index in [0.29, 0.717) is 13.0 Å². The number of rotatable bonds is 12. The van der Waals surface area contributed by atoms with Crippen LogP contribution in [0.25, 0.3) is 11.1 Å². The van der Waals surface area contributed by atoms with Gasteiger partial charge in [-0.2, -0.15) is 0 Å². The smallest absolute Gasteiger partial charge is 0.325 e. The SMILES string of the molecule is CCOC(=O)CNC(=O)NCc1cccc(-c2cccc(C3OC(CSc4nccn4C)CC(c4ccc(CO)cc4)O3)c2)c1. The molecule has 5 rings (SSSR count). The number of ether oxygens (including phenoxy) is 3. The number of urea groups is 1. The van der Waals surface area contributed by atoms with Gasteiger partial charge in [0.1, 0.15) is 6.54 Å². The summed E-state index contributed by atoms with van der Waals surface area (Å²) in [4.78, 5) is 28.1. The maximum Gasteiger partial charge on any atom is 0.325 e. The van der Waals surface area contributed by atoms with Gasteiger partial charge in [0.05, 0.1) is 25.4 Å². The van der Waals surface area contributed by atoms with Gasteiger partial charge in [-0.15, -0.1) is 0 Å². The number of benzene rings is 3. The van der Waals surface area contributed by atoms with Gasteiger partial charge in [-0.25, -0.2) is 9.78 Å². The van der Waals surface area contributed by atoms with Crippen LogP contribution in [-0.4, -0.2) is 51.7 Å². The van der Waals surface area contributed by atoms with Crippen molar-refractivity contribution in [3.63, 3.8) is 0 Å². The predicted octanol–water partition coefficient (Wildman–Crippen LogP) is 5.28. The third-order valence-electron chi connectivity index (χ3n) is 7.36. The number of carbonyl (C=O) groups is 2. The zero-order chi connectivity index (χ0) is 31.6. The van der Waals surface area contributed by atoms with E-state index < -0.39 is 18.3 Å². The number of aromatic nitrogens is 2. The molecule has 0 aliphatic carbocycles. The molecular weight excluding hydrogens is 592 g/mol. The second-order valence-electron chi connectivity index (χ2n) is 10.6. The van der Waals surface area contributed by atoms with E-state index in [2.05, 4.69) is 21.7 Å². The summed E-state index contributed by atoms with van der Waals surface area (Å²) in [6.45, 7) is 2.08. The van der Waals surface area contributed by atoms with Gasteiger partial charge in [0.25, 0.3) is 0 Å². The average Bonchev–Trinajstić information content (AvgIpc) is 3.50. The molecule has 0 radical (unpaired) electrons. The maximum atomic E-state index is 12.1. The first-order chi connectivity index (χ1) is 21.9. The minimum absolute atomic E-state index is 0.00674. The second kappa shape index (κ2) is 15.7. The molecule has 3 N–H and O–H groups in total. The van der Waals surface area contributed by atoms with Crippen LogP contribution in [0.1, 0.15) is 48.0 Å². The third-order valence-corrected chi connectivity index (χ3v) is 8.55. The van der Waals surface area contributed by atoms with Gasteiger partial charge in [-0.05, 0) is 46.9 Å². The zero-order valence-electron chi connectivity index (χ0n) is 25.3. The number of amides is 2. The average molecular weight is 631 g/mol. The number of carbonyl (C=O) groups excluding carboxylic acids is 2. The van der Waals surface area contributed by atoms with Crippen molar-refractivity contribution in [3.05, 3.63) is 107 Å². The van der Waals surface area contributed by atoms with Crippen LogP contribution in [0, 0.1) is 0 Å². The number of aliphatic hydroxyl groups excluding tert-OH is 1. The van der Waals surface area contributed by atoms with E-state index >= 15 is 0 Å². The summed E-state index contributed by atoms with van der Waals surface area (Å²) in [6, 6.07) is 23.4. The molecule has 1 fully saturated rings. The Hall–Kier alpha value is -4.16. The van der Waals surface area contributed by atoms with E-state index in [4.69, 9.17) is 14.2 Å². The van der Waals surface area contributed by atoms with E-state index in [0.717, 1.165) is 44.3 Å². The van der Waals surface area contributed by atoms with Crippen LogP contribution in [-0.2, 0) is 39.2 Å². The van der Waals surface area contributed by atoms with Crippen LogP contribution in [0.3, 0.4) is 0 Å². The molecule has 0 saturated carbocycles. The summed E-state index contributed by atoms with van der Waals surface area (Å²) in [7, 11) is 1.98. The quantitative estimate of drug-likeness (QED) is 0.143. The van der Waals surface area contributed by atoms with Gasteiger partial charge in [0, 0.05) is 43.7 Å². The third kappa shape index (κ3) is 8.95. The van der Waals surface area contributed by atoms with Crippen LogP contribution in [0.15, 0.2) is 90.3 Å². The van der Waals surface area contributed by atoms with Gasteiger partial charge in [-0.1, -0.05) is 72.4 Å². The Labute approximate surface area is 267 Å². The molecule has 1 saturated heterocycles. The molecule has 236 valence electrons. The highest BCUT2D eigenvalue weighted by molar-refractivity contribution is 7.99. The Balaban J connectivity index is 1.29. The number of nitrogens with one attached hydrogen (secondary N) is 2. The van der Waals surface area contributed by atoms with E-state index in [-0.39, 0.29) is 32.0 Å². The van der Waals surface area contributed by atoms with E-state index in [9.17, 15) is 14.7 Å². The lowest BCUT2D eigenvalue weighted by Gasteiger charge is -2.36. The van der Waals surface area contributed by atoms with Crippen LogP contribution >= 0.6 is 11.8 Å². The van der Waals surface area contributed by atoms with Crippen LogP contribution in [0.2, 0.25) is 0 Å². The van der Waals surface area contributed by atoms with Crippen molar-refractivity contribution in [2.45, 2.75) is 50.2 Å². The predicted molar refractivity (Wildman–Crippen MR) is 171 cm³/mol. The Morgan fingerprint density at radius 1 is 1.00 bits per heavy atom. The first kappa shape index (κ1) is 32.2. The second-order valence-corrected chi connectivity index (χ2v) is 11.6. The van der Waals surface area contributed by atoms with Crippen LogP contribution < -0.4 is 10.6 Å². The molecule has 3 aromatic carbocycles. The molecule has 0 bridgehead atoms. The minimum Gasteiger partial charge on any atom is -0.465 e. The standard InChI is InChI=1S/C34H38N4O6S/c1-3-42-31(40)20-37-33(41)36-19-24-6-4-7-26(16-24)27-8-5-9-28(17-27)32-43-29(22-45-34-35-14-15-38(34)2)18-30(44-32)25-12-10-23(21-39)11-13-25/h4-17,29-30,32,39H,3,18-22H2,1-2H3,(H2,36,37,41). The van der Waals surface area contributed by atoms with Crippen molar-refractivity contribution in [3.8, 4) is 11.1 Å². The lowest BCUT2D eigenvalue weighted by Crippen LogP contribution is -2.38. The number of aliphatic hydroxyl groups is 1. The van der Waals surface area contributed by atoms with Crippen molar-refractivity contribution in [2.75, 3.05) is 18.9 Å². The molecule has 11 heteroatoms. The highest BCUT2D eigenvalue weighted by Gasteiger charge is 2.32. The number of hydrogen-bond acceptors (Lipinski definition) is 8. The van der Waals surface area contributed by atoms with E-state index in [1.165, 1.54) is 0 Å². The molecule has 1 aliphatic heterocycles. The Morgan fingerprint density at radius 2 is 1.78 bits per heavy atom. The summed E-state index contributed by atoms with van der Waals surface area (Å²) in [5.41, 5.74) is 5.67. The molecule has 45 heavy (non-hydrogen) atoms. The van der Waals surface area contributed by atoms with Gasteiger partial charge in [0.2, 0.25) is 0 Å². The van der Waals surface area contributed by atoms with Crippen molar-refractivity contribution >= 4 is 23.8 Å². The molecule has 3 unspecified atom stereocenters. The largest absolute Gasteiger partial charge is 0.465 e. The lowest BCUT2D eigenvalue weighted by molar-refractivity contribution is -0.245. The Morgan fingerprint density at radius 3 is 2.51 bits per heavy atom. The molecule has 2 amide bonds. The normalized spacial score (nSPS) is 17.9. The van der Waals surface area contributed by atoms with E-state index in [1.54, 1.807) is 24.9 Å². The van der Waals surface area contributed by atoms with Gasteiger partial charge < -0.3 is 34.5 Å². The molecule has 2 heterocycles. The highest BCUT2D eigenvalue weighted by atomic mass is 32.2. The van der Waals surface area contributed by atoms with Crippen LogP contribution in [0.5, 0.6) is 0 Å². The van der Waals surface area contributed by atoms with Crippen molar-refractivity contribution in [1.82, 2.24) is 20.2 Å². The molecule has 1 aliphatic rings. The fraction of sp³-hybridized carbons (Fsp3) is 0.324. The summed E-state index contributed by atoms with van der Waals surface area (Å²) in [6.07, 6.45) is 3.56. The summed E-state index contributed by atoms with van der Waals surface area (Å²) >= 11 is 1.66. The molecule has 10 nitrogen and oxygen atoms in total. The number of imidazole rings is 1. The summed E-state index contributed by atoms with van der Waals surface area (Å²) in [5, 5.41) is 15.7. The van der Waals surface area contributed by atoms with Gasteiger partial charge in [-0.3, -0.25) is 4.79 Å². The summed E-state index contributed by atoms with van der Waals surface area (Å²) < 4.78 is 19.9. The van der Waals surface area contributed by atoms with Crippen molar-refractivity contribution < 1.29 is 28.9 Å². The van der Waals surface area contributed by atoms with Gasteiger partial charge in [0.15, 0.2) is 11.4 Å². The maximum absolute atomic E-state index is 12.1. The lowest BCUT2D eigenvalue weighted by atomic mass is 9.99. The van der Waals surface area contributed by atoms with Gasteiger partial charge >= 0.3 is 12.0 Å². The molecule has 4 aromatic rings. The Kier molecular flexibility index (Phi) is 11.3.